The summed E-state index contributed by atoms with van der Waals surface area (Å²) in [6, 6.07) is 6.28. The SMILES string of the molecule is COc1ncc(F)cc1-c1cc(Cl)cc(Cl)c1. The highest BCUT2D eigenvalue weighted by Crippen LogP contribution is 2.32. The van der Waals surface area contributed by atoms with Crippen molar-refractivity contribution in [2.24, 2.45) is 0 Å². The summed E-state index contributed by atoms with van der Waals surface area (Å²) in [7, 11) is 1.47. The van der Waals surface area contributed by atoms with Crippen LogP contribution in [-0.2, 0) is 0 Å². The number of benzene rings is 1. The quantitative estimate of drug-likeness (QED) is 0.817. The first kappa shape index (κ1) is 12.1. The van der Waals surface area contributed by atoms with Gasteiger partial charge in [-0.2, -0.15) is 0 Å². The van der Waals surface area contributed by atoms with Gasteiger partial charge in [0.05, 0.1) is 13.3 Å². The molecule has 0 aliphatic rings. The van der Waals surface area contributed by atoms with Crippen molar-refractivity contribution in [1.82, 2.24) is 4.98 Å². The second-order valence-electron chi connectivity index (χ2n) is 3.37. The summed E-state index contributed by atoms with van der Waals surface area (Å²) in [5.41, 5.74) is 1.17. The normalized spacial score (nSPS) is 10.4. The van der Waals surface area contributed by atoms with Crippen LogP contribution in [0.2, 0.25) is 10.0 Å². The van der Waals surface area contributed by atoms with E-state index in [0.29, 0.717) is 27.1 Å². The molecule has 1 aromatic carbocycles. The average Bonchev–Trinajstić information content (AvgIpc) is 2.27. The average molecular weight is 272 g/mol. The molecule has 2 nitrogen and oxygen atoms in total. The topological polar surface area (TPSA) is 22.1 Å². The fourth-order valence-corrected chi connectivity index (χ4v) is 2.03. The van der Waals surface area contributed by atoms with E-state index in [1.54, 1.807) is 18.2 Å². The summed E-state index contributed by atoms with van der Waals surface area (Å²) >= 11 is 11.8. The molecule has 88 valence electrons. The minimum atomic E-state index is -0.447. The standard InChI is InChI=1S/C12H8Cl2FNO/c1-17-12-11(5-10(15)6-16-12)7-2-8(13)4-9(14)3-7/h2-6H,1H3. The summed E-state index contributed by atoms with van der Waals surface area (Å²) in [6.07, 6.45) is 1.09. The molecule has 0 radical (unpaired) electrons. The second kappa shape index (κ2) is 4.90. The number of pyridine rings is 1. The first-order chi connectivity index (χ1) is 8.10. The Hall–Kier alpha value is -1.32. The lowest BCUT2D eigenvalue weighted by atomic mass is 10.1. The van der Waals surface area contributed by atoms with Crippen LogP contribution in [0.25, 0.3) is 11.1 Å². The lowest BCUT2D eigenvalue weighted by molar-refractivity contribution is 0.397. The van der Waals surface area contributed by atoms with Gasteiger partial charge in [-0.25, -0.2) is 9.37 Å². The monoisotopic (exact) mass is 271 g/mol. The molecular formula is C12H8Cl2FNO. The summed E-state index contributed by atoms with van der Waals surface area (Å²) in [6.45, 7) is 0. The summed E-state index contributed by atoms with van der Waals surface area (Å²) < 4.78 is 18.3. The first-order valence-corrected chi connectivity index (χ1v) is 5.52. The molecule has 0 spiro atoms. The van der Waals surface area contributed by atoms with E-state index in [4.69, 9.17) is 27.9 Å². The Morgan fingerprint density at radius 3 is 2.35 bits per heavy atom. The lowest BCUT2D eigenvalue weighted by Gasteiger charge is -2.08. The fourth-order valence-electron chi connectivity index (χ4n) is 1.51. The van der Waals surface area contributed by atoms with E-state index in [0.717, 1.165) is 6.20 Å². The van der Waals surface area contributed by atoms with Gasteiger partial charge < -0.3 is 4.74 Å². The molecule has 0 N–H and O–H groups in total. The van der Waals surface area contributed by atoms with Crippen LogP contribution in [0.5, 0.6) is 5.88 Å². The number of aromatic nitrogens is 1. The van der Waals surface area contributed by atoms with E-state index in [2.05, 4.69) is 4.98 Å². The number of hydrogen-bond donors (Lipinski definition) is 0. The number of rotatable bonds is 2. The Morgan fingerprint density at radius 2 is 1.76 bits per heavy atom. The molecule has 2 rings (SSSR count). The van der Waals surface area contributed by atoms with Crippen LogP contribution in [0.1, 0.15) is 0 Å². The Labute approximate surface area is 108 Å². The van der Waals surface area contributed by atoms with Crippen molar-refractivity contribution in [1.29, 1.82) is 0 Å². The van der Waals surface area contributed by atoms with Crippen LogP contribution >= 0.6 is 23.2 Å². The van der Waals surface area contributed by atoms with Crippen molar-refractivity contribution in [3.05, 3.63) is 46.3 Å². The van der Waals surface area contributed by atoms with Gasteiger partial charge in [0.1, 0.15) is 5.82 Å². The van der Waals surface area contributed by atoms with Gasteiger partial charge in [-0.3, -0.25) is 0 Å². The van der Waals surface area contributed by atoms with Crippen LogP contribution in [0, 0.1) is 5.82 Å². The molecule has 0 fully saturated rings. The van der Waals surface area contributed by atoms with Crippen LogP contribution in [-0.4, -0.2) is 12.1 Å². The lowest BCUT2D eigenvalue weighted by Crippen LogP contribution is -1.93. The van der Waals surface area contributed by atoms with Gasteiger partial charge in [0.2, 0.25) is 5.88 Å². The molecule has 0 saturated carbocycles. The largest absolute Gasteiger partial charge is 0.481 e. The van der Waals surface area contributed by atoms with E-state index >= 15 is 0 Å². The molecule has 0 atom stereocenters. The molecule has 0 aliphatic carbocycles. The second-order valence-corrected chi connectivity index (χ2v) is 4.24. The Kier molecular flexibility index (Phi) is 3.50. The van der Waals surface area contributed by atoms with Gasteiger partial charge in [-0.1, -0.05) is 23.2 Å². The molecular weight excluding hydrogens is 264 g/mol. The molecule has 0 saturated heterocycles. The van der Waals surface area contributed by atoms with Gasteiger partial charge in [-0.15, -0.1) is 0 Å². The summed E-state index contributed by atoms with van der Waals surface area (Å²) in [4.78, 5) is 3.85. The number of hydrogen-bond acceptors (Lipinski definition) is 2. The third kappa shape index (κ3) is 2.68. The van der Waals surface area contributed by atoms with Crippen molar-refractivity contribution in [2.75, 3.05) is 7.11 Å². The van der Waals surface area contributed by atoms with E-state index < -0.39 is 5.82 Å². The maximum absolute atomic E-state index is 13.2. The fraction of sp³-hybridized carbons (Fsp3) is 0.0833. The van der Waals surface area contributed by atoms with Crippen molar-refractivity contribution in [3.63, 3.8) is 0 Å². The van der Waals surface area contributed by atoms with Gasteiger partial charge >= 0.3 is 0 Å². The van der Waals surface area contributed by atoms with Crippen LogP contribution in [0.4, 0.5) is 4.39 Å². The number of halogens is 3. The van der Waals surface area contributed by atoms with Crippen molar-refractivity contribution in [3.8, 4) is 17.0 Å². The molecule has 1 heterocycles. The van der Waals surface area contributed by atoms with E-state index in [1.165, 1.54) is 13.2 Å². The van der Waals surface area contributed by atoms with Gasteiger partial charge in [0.15, 0.2) is 0 Å². The van der Waals surface area contributed by atoms with Crippen LogP contribution < -0.4 is 4.74 Å². The molecule has 0 bridgehead atoms. The highest BCUT2D eigenvalue weighted by Gasteiger charge is 2.10. The molecule has 1 aromatic heterocycles. The minimum Gasteiger partial charge on any atom is -0.481 e. The molecule has 2 aromatic rings. The highest BCUT2D eigenvalue weighted by atomic mass is 35.5. The molecule has 5 heteroatoms. The maximum Gasteiger partial charge on any atom is 0.221 e. The zero-order chi connectivity index (χ0) is 12.4. The van der Waals surface area contributed by atoms with Crippen LogP contribution in [0.3, 0.4) is 0 Å². The summed E-state index contributed by atoms with van der Waals surface area (Å²) in [5, 5.41) is 0.942. The van der Waals surface area contributed by atoms with E-state index in [9.17, 15) is 4.39 Å². The Balaban J connectivity index is 2.62. The first-order valence-electron chi connectivity index (χ1n) is 4.76. The predicted octanol–water partition coefficient (Wildman–Crippen LogP) is 4.20. The third-order valence-electron chi connectivity index (χ3n) is 2.18. The highest BCUT2D eigenvalue weighted by molar-refractivity contribution is 6.35. The van der Waals surface area contributed by atoms with Gasteiger partial charge in [-0.05, 0) is 29.8 Å². The van der Waals surface area contributed by atoms with E-state index in [-0.39, 0.29) is 0 Å². The summed E-state index contributed by atoms with van der Waals surface area (Å²) in [5.74, 6) is -0.123. The Morgan fingerprint density at radius 1 is 1.12 bits per heavy atom. The Bertz CT molecular complexity index is 540. The molecule has 17 heavy (non-hydrogen) atoms. The maximum atomic E-state index is 13.2. The molecule has 0 amide bonds. The van der Waals surface area contributed by atoms with E-state index in [1.807, 2.05) is 0 Å². The van der Waals surface area contributed by atoms with Crippen molar-refractivity contribution < 1.29 is 9.13 Å². The van der Waals surface area contributed by atoms with Crippen molar-refractivity contribution >= 4 is 23.2 Å². The number of methoxy groups -OCH3 is 1. The van der Waals surface area contributed by atoms with Crippen LogP contribution in [0.15, 0.2) is 30.5 Å². The molecule has 0 aliphatic heterocycles. The molecule has 0 unspecified atom stereocenters. The van der Waals surface area contributed by atoms with Crippen molar-refractivity contribution in [2.45, 2.75) is 0 Å². The smallest absolute Gasteiger partial charge is 0.221 e. The predicted molar refractivity (Wildman–Crippen MR) is 66.2 cm³/mol. The zero-order valence-electron chi connectivity index (χ0n) is 8.88. The van der Waals surface area contributed by atoms with Gasteiger partial charge in [0, 0.05) is 15.6 Å². The third-order valence-corrected chi connectivity index (χ3v) is 2.62. The minimum absolute atomic E-state index is 0.324. The zero-order valence-corrected chi connectivity index (χ0v) is 10.4. The van der Waals surface area contributed by atoms with Gasteiger partial charge in [0.25, 0.3) is 0 Å². The number of ether oxygens (including phenoxy) is 1. The number of nitrogens with zero attached hydrogens (tertiary/aromatic N) is 1.